The van der Waals surface area contributed by atoms with Crippen LogP contribution in [0.2, 0.25) is 5.02 Å². The van der Waals surface area contributed by atoms with E-state index in [0.29, 0.717) is 0 Å². The number of nitrogens with one attached hydrogen (secondary N) is 2. The molecule has 0 unspecified atom stereocenters. The molecule has 2 aromatic carbocycles. The van der Waals surface area contributed by atoms with Crippen LogP contribution in [0.5, 0.6) is 11.5 Å². The number of nitrogens with zero attached hydrogens (tertiary/aromatic N) is 1. The van der Waals surface area contributed by atoms with Crippen molar-refractivity contribution in [3.05, 3.63) is 76.8 Å². The number of hydrogen-bond acceptors (Lipinski definition) is 6. The van der Waals surface area contributed by atoms with Crippen molar-refractivity contribution in [3.63, 3.8) is 0 Å². The molecule has 8 nitrogen and oxygen atoms in total. The standard InChI is InChI=1S/C22H19ClFN3O5S/c1-13(14-4-6-25-7-5-14)27-33(29,30)16-11-17(21-20(12-16)31-8-9-32-21)22(28)26-15-2-3-19(24)18(23)10-15/h2-7,10-13,27H,8-9H2,1H3,(H,26,28)/t13-/m1/s1. The number of halogens is 2. The highest BCUT2D eigenvalue weighted by atomic mass is 35.5. The van der Waals surface area contributed by atoms with Gasteiger partial charge < -0.3 is 14.8 Å². The Labute approximate surface area is 194 Å². The molecule has 0 saturated heterocycles. The fourth-order valence-electron chi connectivity index (χ4n) is 3.25. The van der Waals surface area contributed by atoms with Gasteiger partial charge in [-0.1, -0.05) is 11.6 Å². The van der Waals surface area contributed by atoms with Gasteiger partial charge in [0, 0.05) is 30.2 Å². The first-order valence-corrected chi connectivity index (χ1v) is 11.7. The molecule has 0 fully saturated rings. The highest BCUT2D eigenvalue weighted by Gasteiger charge is 2.27. The van der Waals surface area contributed by atoms with Crippen LogP contribution in [0.1, 0.15) is 28.9 Å². The second-order valence-corrected chi connectivity index (χ2v) is 9.32. The predicted molar refractivity (Wildman–Crippen MR) is 120 cm³/mol. The fraction of sp³-hybridized carbons (Fsp3) is 0.182. The van der Waals surface area contributed by atoms with Crippen molar-refractivity contribution in [1.82, 2.24) is 9.71 Å². The van der Waals surface area contributed by atoms with Gasteiger partial charge in [-0.05, 0) is 48.9 Å². The van der Waals surface area contributed by atoms with Gasteiger partial charge in [0.25, 0.3) is 5.91 Å². The molecule has 0 spiro atoms. The Balaban J connectivity index is 1.68. The molecule has 0 radical (unpaired) electrons. The number of fused-ring (bicyclic) bond motifs is 1. The zero-order valence-electron chi connectivity index (χ0n) is 17.3. The predicted octanol–water partition coefficient (Wildman–Crippen LogP) is 3.94. The van der Waals surface area contributed by atoms with Crippen molar-refractivity contribution in [1.29, 1.82) is 0 Å². The summed E-state index contributed by atoms with van der Waals surface area (Å²) < 4.78 is 53.4. The van der Waals surface area contributed by atoms with Crippen molar-refractivity contribution in [2.45, 2.75) is 17.9 Å². The smallest absolute Gasteiger partial charge is 0.259 e. The van der Waals surface area contributed by atoms with Crippen LogP contribution in [-0.2, 0) is 10.0 Å². The minimum absolute atomic E-state index is 0.0513. The van der Waals surface area contributed by atoms with Crippen LogP contribution in [-0.4, -0.2) is 32.5 Å². The zero-order chi connectivity index (χ0) is 23.6. The van der Waals surface area contributed by atoms with E-state index < -0.39 is 27.8 Å². The third-order valence-electron chi connectivity index (χ3n) is 4.89. The van der Waals surface area contributed by atoms with E-state index in [-0.39, 0.29) is 45.9 Å². The van der Waals surface area contributed by atoms with E-state index in [9.17, 15) is 17.6 Å². The Morgan fingerprint density at radius 1 is 1.12 bits per heavy atom. The Kier molecular flexibility index (Phi) is 6.50. The van der Waals surface area contributed by atoms with Crippen LogP contribution < -0.4 is 19.5 Å². The topological polar surface area (TPSA) is 107 Å². The summed E-state index contributed by atoms with van der Waals surface area (Å²) in [5.41, 5.74) is 0.899. The van der Waals surface area contributed by atoms with Gasteiger partial charge in [0.15, 0.2) is 11.5 Å². The molecule has 0 saturated carbocycles. The van der Waals surface area contributed by atoms with Crippen LogP contribution in [0.3, 0.4) is 0 Å². The number of carbonyl (C=O) groups is 1. The SMILES string of the molecule is C[C@@H](NS(=O)(=O)c1cc2c(c(C(=O)Nc3ccc(F)c(Cl)c3)c1)OCCO2)c1ccncc1. The zero-order valence-corrected chi connectivity index (χ0v) is 18.9. The molecule has 2 N–H and O–H groups in total. The number of amides is 1. The number of pyridine rings is 1. The van der Waals surface area contributed by atoms with Gasteiger partial charge in [0.1, 0.15) is 19.0 Å². The van der Waals surface area contributed by atoms with Crippen LogP contribution in [0.25, 0.3) is 0 Å². The molecule has 1 aliphatic heterocycles. The summed E-state index contributed by atoms with van der Waals surface area (Å²) in [7, 11) is -4.04. The number of carbonyl (C=O) groups excluding carboxylic acids is 1. The Bertz CT molecular complexity index is 1300. The Hall–Kier alpha value is -3.21. The van der Waals surface area contributed by atoms with E-state index >= 15 is 0 Å². The van der Waals surface area contributed by atoms with Crippen LogP contribution in [0.15, 0.2) is 59.8 Å². The number of rotatable bonds is 6. The average Bonchev–Trinajstić information content (AvgIpc) is 2.81. The number of aromatic nitrogens is 1. The molecule has 11 heteroatoms. The average molecular weight is 492 g/mol. The number of benzene rings is 2. The maximum absolute atomic E-state index is 13.4. The lowest BCUT2D eigenvalue weighted by Crippen LogP contribution is -2.28. The monoisotopic (exact) mass is 491 g/mol. The van der Waals surface area contributed by atoms with E-state index in [4.69, 9.17) is 21.1 Å². The molecule has 0 aliphatic carbocycles. The van der Waals surface area contributed by atoms with Gasteiger partial charge in [-0.3, -0.25) is 9.78 Å². The Morgan fingerprint density at radius 3 is 2.58 bits per heavy atom. The molecule has 4 rings (SSSR count). The van der Waals surface area contributed by atoms with Gasteiger partial charge >= 0.3 is 0 Å². The lowest BCUT2D eigenvalue weighted by Gasteiger charge is -2.22. The van der Waals surface area contributed by atoms with E-state index in [1.54, 1.807) is 31.5 Å². The summed E-state index contributed by atoms with van der Waals surface area (Å²) in [5.74, 6) is -1.05. The maximum Gasteiger partial charge on any atom is 0.259 e. The largest absolute Gasteiger partial charge is 0.486 e. The molecule has 0 bridgehead atoms. The molecular weight excluding hydrogens is 473 g/mol. The highest BCUT2D eigenvalue weighted by Crippen LogP contribution is 2.37. The molecule has 172 valence electrons. The molecule has 2 heterocycles. The highest BCUT2D eigenvalue weighted by molar-refractivity contribution is 7.89. The second-order valence-electron chi connectivity index (χ2n) is 7.20. The molecule has 1 aromatic heterocycles. The summed E-state index contributed by atoms with van der Waals surface area (Å²) >= 11 is 5.78. The Morgan fingerprint density at radius 2 is 1.85 bits per heavy atom. The molecule has 1 atom stereocenters. The molecule has 33 heavy (non-hydrogen) atoms. The van der Waals surface area contributed by atoms with Crippen LogP contribution >= 0.6 is 11.6 Å². The molecule has 1 aliphatic rings. The van der Waals surface area contributed by atoms with Gasteiger partial charge in [0.2, 0.25) is 10.0 Å². The first-order valence-electron chi connectivity index (χ1n) is 9.87. The van der Waals surface area contributed by atoms with E-state index in [1.165, 1.54) is 24.3 Å². The number of sulfonamides is 1. The van der Waals surface area contributed by atoms with Gasteiger partial charge in [0.05, 0.1) is 15.5 Å². The van der Waals surface area contributed by atoms with Crippen molar-refractivity contribution < 1.29 is 27.1 Å². The molecule has 1 amide bonds. The van der Waals surface area contributed by atoms with Gasteiger partial charge in [-0.25, -0.2) is 17.5 Å². The summed E-state index contributed by atoms with van der Waals surface area (Å²) in [6, 6.07) is 9.05. The van der Waals surface area contributed by atoms with Crippen molar-refractivity contribution in [2.24, 2.45) is 0 Å². The summed E-state index contributed by atoms with van der Waals surface area (Å²) in [6.45, 7) is 2.09. The minimum Gasteiger partial charge on any atom is -0.486 e. The van der Waals surface area contributed by atoms with E-state index in [2.05, 4.69) is 15.0 Å². The first kappa shape index (κ1) is 23.0. The third kappa shape index (κ3) is 5.08. The lowest BCUT2D eigenvalue weighted by atomic mass is 10.1. The van der Waals surface area contributed by atoms with E-state index in [0.717, 1.165) is 11.6 Å². The van der Waals surface area contributed by atoms with Crippen molar-refractivity contribution in [2.75, 3.05) is 18.5 Å². The van der Waals surface area contributed by atoms with Crippen molar-refractivity contribution in [3.8, 4) is 11.5 Å². The summed E-state index contributed by atoms with van der Waals surface area (Å²) in [6.07, 6.45) is 3.13. The van der Waals surface area contributed by atoms with Gasteiger partial charge in [-0.15, -0.1) is 0 Å². The number of hydrogen-bond donors (Lipinski definition) is 2. The second kappa shape index (κ2) is 9.34. The van der Waals surface area contributed by atoms with Crippen molar-refractivity contribution >= 4 is 33.2 Å². The summed E-state index contributed by atoms with van der Waals surface area (Å²) in [5, 5.41) is 2.41. The molecular formula is C22H19ClFN3O5S. The lowest BCUT2D eigenvalue weighted by molar-refractivity contribution is 0.101. The first-order chi connectivity index (χ1) is 15.7. The quantitative estimate of drug-likeness (QED) is 0.541. The third-order valence-corrected chi connectivity index (χ3v) is 6.70. The maximum atomic E-state index is 13.4. The molecule has 3 aromatic rings. The van der Waals surface area contributed by atoms with E-state index in [1.807, 2.05) is 0 Å². The minimum atomic E-state index is -4.04. The van der Waals surface area contributed by atoms with Gasteiger partial charge in [-0.2, -0.15) is 0 Å². The van der Waals surface area contributed by atoms with Crippen LogP contribution in [0, 0.1) is 5.82 Å². The number of anilines is 1. The van der Waals surface area contributed by atoms with Crippen LogP contribution in [0.4, 0.5) is 10.1 Å². The normalized spacial score (nSPS) is 13.9. The fourth-order valence-corrected chi connectivity index (χ4v) is 4.70. The summed E-state index contributed by atoms with van der Waals surface area (Å²) in [4.78, 5) is 16.8. The number of ether oxygens (including phenoxy) is 2.